The molecule has 1 aliphatic heterocycles. The Hall–Kier alpha value is -3.85. The van der Waals surface area contributed by atoms with Crippen LogP contribution in [0.2, 0.25) is 0 Å². The molecule has 8 nitrogen and oxygen atoms in total. The van der Waals surface area contributed by atoms with Crippen molar-refractivity contribution in [3.05, 3.63) is 77.5 Å². The van der Waals surface area contributed by atoms with Crippen LogP contribution in [0, 0.1) is 12.7 Å². The minimum Gasteiger partial charge on any atom is -0.367 e. The van der Waals surface area contributed by atoms with Crippen LogP contribution >= 0.6 is 0 Å². The number of piperazine rings is 1. The molecule has 1 fully saturated rings. The number of hydrogen-bond donors (Lipinski definition) is 0. The van der Waals surface area contributed by atoms with Gasteiger partial charge in [0.25, 0.3) is 0 Å². The van der Waals surface area contributed by atoms with Crippen molar-refractivity contribution in [2.75, 3.05) is 37.7 Å². The van der Waals surface area contributed by atoms with Crippen LogP contribution in [-0.2, 0) is 16.1 Å². The lowest BCUT2D eigenvalue weighted by Gasteiger charge is -2.36. The summed E-state index contributed by atoms with van der Waals surface area (Å²) in [5.41, 5.74) is 3.33. The van der Waals surface area contributed by atoms with Crippen molar-refractivity contribution in [3.8, 4) is 5.69 Å². The maximum absolute atomic E-state index is 13.6. The molecule has 204 valence electrons. The molecule has 0 bridgehead atoms. The largest absolute Gasteiger partial charge is 0.367 e. The van der Waals surface area contributed by atoms with Gasteiger partial charge in [-0.15, -0.1) is 0 Å². The molecule has 0 spiro atoms. The summed E-state index contributed by atoms with van der Waals surface area (Å²) in [5.74, 6) is 1.50. The number of halogens is 1. The highest BCUT2D eigenvalue weighted by Crippen LogP contribution is 2.32. The Kier molecular flexibility index (Phi) is 8.16. The van der Waals surface area contributed by atoms with Gasteiger partial charge in [0.1, 0.15) is 24.1 Å². The second kappa shape index (κ2) is 11.9. The number of anilines is 1. The summed E-state index contributed by atoms with van der Waals surface area (Å²) >= 11 is 0. The van der Waals surface area contributed by atoms with E-state index in [4.69, 9.17) is 19.8 Å². The van der Waals surface area contributed by atoms with Crippen LogP contribution in [0.4, 0.5) is 10.2 Å². The maximum Gasteiger partial charge on any atom is 0.248 e. The first-order valence-electron chi connectivity index (χ1n) is 13.6. The van der Waals surface area contributed by atoms with E-state index in [1.54, 1.807) is 16.8 Å². The monoisotopic (exact) mass is 530 g/mol. The smallest absolute Gasteiger partial charge is 0.248 e. The summed E-state index contributed by atoms with van der Waals surface area (Å²) < 4.78 is 21.1. The van der Waals surface area contributed by atoms with Crippen LogP contribution in [0.25, 0.3) is 16.7 Å². The lowest BCUT2D eigenvalue weighted by molar-refractivity contribution is -0.136. The van der Waals surface area contributed by atoms with Gasteiger partial charge in [-0.25, -0.2) is 19.0 Å². The Labute approximate surface area is 228 Å². The van der Waals surface area contributed by atoms with Crippen molar-refractivity contribution < 1.29 is 13.9 Å². The van der Waals surface area contributed by atoms with Crippen molar-refractivity contribution in [1.82, 2.24) is 24.6 Å². The molecule has 1 saturated heterocycles. The molecule has 2 aromatic heterocycles. The zero-order chi connectivity index (χ0) is 27.4. The average Bonchev–Trinajstić information content (AvgIpc) is 3.30. The molecule has 1 amide bonds. The Morgan fingerprint density at radius 1 is 1.03 bits per heavy atom. The maximum atomic E-state index is 13.6. The van der Waals surface area contributed by atoms with Gasteiger partial charge in [-0.1, -0.05) is 50.6 Å². The van der Waals surface area contributed by atoms with Crippen LogP contribution < -0.4 is 4.90 Å². The predicted molar refractivity (Wildman–Crippen MR) is 150 cm³/mol. The van der Waals surface area contributed by atoms with Crippen LogP contribution in [0.5, 0.6) is 0 Å². The molecule has 1 atom stereocenters. The topological polar surface area (TPSA) is 76.4 Å². The highest BCUT2D eigenvalue weighted by molar-refractivity contribution is 5.91. The van der Waals surface area contributed by atoms with Crippen molar-refractivity contribution >= 4 is 22.8 Å². The number of ether oxygens (including phenoxy) is 1. The molecule has 2 aromatic carbocycles. The number of carbonyl (C=O) groups is 1. The Bertz CT molecular complexity index is 1420. The second-order valence-electron chi connectivity index (χ2n) is 10.1. The number of rotatable bonds is 9. The van der Waals surface area contributed by atoms with Gasteiger partial charge in [0, 0.05) is 32.1 Å². The fraction of sp³-hybridized carbons (Fsp3) is 0.400. The van der Waals surface area contributed by atoms with Gasteiger partial charge < -0.3 is 14.5 Å². The van der Waals surface area contributed by atoms with Crippen molar-refractivity contribution in [2.24, 2.45) is 0 Å². The fourth-order valence-corrected chi connectivity index (χ4v) is 5.04. The van der Waals surface area contributed by atoms with E-state index in [-0.39, 0.29) is 24.2 Å². The van der Waals surface area contributed by atoms with Crippen molar-refractivity contribution in [1.29, 1.82) is 0 Å². The van der Waals surface area contributed by atoms with Gasteiger partial charge >= 0.3 is 0 Å². The summed E-state index contributed by atoms with van der Waals surface area (Å²) in [6.45, 7) is 9.21. The molecule has 0 radical (unpaired) electrons. The number of aryl methyl sites for hydroxylation is 1. The molecule has 39 heavy (non-hydrogen) atoms. The van der Waals surface area contributed by atoms with Gasteiger partial charge in [0.05, 0.1) is 23.4 Å². The number of amides is 1. The van der Waals surface area contributed by atoms with E-state index < -0.39 is 0 Å². The van der Waals surface area contributed by atoms with Gasteiger partial charge in [-0.2, -0.15) is 5.10 Å². The van der Waals surface area contributed by atoms with Crippen LogP contribution in [0.3, 0.4) is 0 Å². The molecule has 4 aromatic rings. The van der Waals surface area contributed by atoms with Crippen LogP contribution in [0.15, 0.2) is 54.6 Å². The minimum atomic E-state index is -0.294. The first-order chi connectivity index (χ1) is 18.9. The average molecular weight is 531 g/mol. The third-order valence-electron chi connectivity index (χ3n) is 7.20. The van der Waals surface area contributed by atoms with Gasteiger partial charge in [0.15, 0.2) is 5.65 Å². The minimum absolute atomic E-state index is 0.00372. The summed E-state index contributed by atoms with van der Waals surface area (Å²) in [6, 6.07) is 16.1. The SMILES string of the molecule is CCC[C@H](C)c1nc(N2CCN(C(=O)COCc3ccccc3)CC2)c2c(C)nn(-c3ccc(F)cc3)c2n1. The Morgan fingerprint density at radius 2 is 1.74 bits per heavy atom. The van der Waals surface area contributed by atoms with E-state index in [0.717, 1.165) is 52.5 Å². The summed E-state index contributed by atoms with van der Waals surface area (Å²) in [6.07, 6.45) is 2.00. The van der Waals surface area contributed by atoms with Crippen LogP contribution in [-0.4, -0.2) is 63.3 Å². The van der Waals surface area contributed by atoms with Crippen molar-refractivity contribution in [2.45, 2.75) is 46.1 Å². The number of nitrogens with zero attached hydrogens (tertiary/aromatic N) is 6. The molecule has 0 unspecified atom stereocenters. The number of hydrogen-bond acceptors (Lipinski definition) is 6. The van der Waals surface area contributed by atoms with Gasteiger partial charge in [-0.3, -0.25) is 4.79 Å². The first kappa shape index (κ1) is 26.7. The molecular weight excluding hydrogens is 495 g/mol. The van der Waals surface area contributed by atoms with E-state index in [2.05, 4.69) is 18.7 Å². The first-order valence-corrected chi connectivity index (χ1v) is 13.6. The van der Waals surface area contributed by atoms with E-state index >= 15 is 0 Å². The molecule has 1 aliphatic rings. The standard InChI is InChI=1S/C30H35FN6O2/c1-4-8-21(2)28-32-29(27-22(3)34-37(30(27)33-28)25-13-11-24(31)12-14-25)36-17-15-35(16-18-36)26(38)20-39-19-23-9-6-5-7-10-23/h5-7,9-14,21H,4,8,15-20H2,1-3H3/t21-/m0/s1. The lowest BCUT2D eigenvalue weighted by atomic mass is 10.1. The molecule has 0 saturated carbocycles. The Balaban J connectivity index is 1.36. The Morgan fingerprint density at radius 3 is 2.44 bits per heavy atom. The molecule has 5 rings (SSSR count). The second-order valence-corrected chi connectivity index (χ2v) is 10.1. The van der Waals surface area contributed by atoms with E-state index in [1.807, 2.05) is 42.2 Å². The van der Waals surface area contributed by atoms with E-state index in [0.29, 0.717) is 32.8 Å². The number of carbonyl (C=O) groups excluding carboxylic acids is 1. The quantitative estimate of drug-likeness (QED) is 0.302. The number of aromatic nitrogens is 4. The molecular formula is C30H35FN6O2. The van der Waals surface area contributed by atoms with E-state index in [1.165, 1.54) is 12.1 Å². The van der Waals surface area contributed by atoms with Gasteiger partial charge in [-0.05, 0) is 43.2 Å². The summed E-state index contributed by atoms with van der Waals surface area (Å²) in [5, 5.41) is 5.66. The van der Waals surface area contributed by atoms with Gasteiger partial charge in [0.2, 0.25) is 5.91 Å². The molecule has 0 N–H and O–H groups in total. The normalized spacial score (nSPS) is 14.7. The third-order valence-corrected chi connectivity index (χ3v) is 7.20. The fourth-order valence-electron chi connectivity index (χ4n) is 5.04. The third kappa shape index (κ3) is 5.93. The highest BCUT2D eigenvalue weighted by Gasteiger charge is 2.27. The summed E-state index contributed by atoms with van der Waals surface area (Å²) in [7, 11) is 0. The molecule has 0 aliphatic carbocycles. The molecule has 9 heteroatoms. The number of benzene rings is 2. The highest BCUT2D eigenvalue weighted by atomic mass is 19.1. The number of fused-ring (bicyclic) bond motifs is 1. The van der Waals surface area contributed by atoms with E-state index in [9.17, 15) is 9.18 Å². The zero-order valence-corrected chi connectivity index (χ0v) is 22.8. The van der Waals surface area contributed by atoms with Crippen LogP contribution in [0.1, 0.15) is 49.7 Å². The van der Waals surface area contributed by atoms with Crippen molar-refractivity contribution in [3.63, 3.8) is 0 Å². The molecule has 3 heterocycles. The summed E-state index contributed by atoms with van der Waals surface area (Å²) in [4.78, 5) is 26.9. The zero-order valence-electron chi connectivity index (χ0n) is 22.8. The predicted octanol–water partition coefficient (Wildman–Crippen LogP) is 5.03. The lowest BCUT2D eigenvalue weighted by Crippen LogP contribution is -2.50.